The van der Waals surface area contributed by atoms with Crippen LogP contribution in [0.1, 0.15) is 0 Å². The average Bonchev–Trinajstić information content (AvgIpc) is 3.18. The third-order valence-electron chi connectivity index (χ3n) is 3.27. The van der Waals surface area contributed by atoms with Gasteiger partial charge in [0.25, 0.3) is 0 Å². The summed E-state index contributed by atoms with van der Waals surface area (Å²) in [5.41, 5.74) is 0.994. The van der Waals surface area contributed by atoms with E-state index in [0.29, 0.717) is 0 Å². The number of aromatic nitrogens is 5. The van der Waals surface area contributed by atoms with Gasteiger partial charge in [0, 0.05) is 30.8 Å². The largest absolute Gasteiger partial charge is 0.497 e. The van der Waals surface area contributed by atoms with Crippen molar-refractivity contribution in [1.29, 1.82) is 0 Å². The maximum absolute atomic E-state index is 5.26. The molecule has 0 aliphatic carbocycles. The number of benzene rings is 1. The number of aryl methyl sites for hydroxylation is 1. The van der Waals surface area contributed by atoms with Crippen LogP contribution in [0.3, 0.4) is 0 Å². The number of thioether (sulfide) groups is 1. The number of nitrogens with zero attached hydrogens (tertiary/aromatic N) is 5. The monoisotopic (exact) mass is 315 g/mol. The highest BCUT2D eigenvalue weighted by Gasteiger charge is 2.11. The smallest absolute Gasteiger partial charge is 0.191 e. The van der Waals surface area contributed by atoms with E-state index >= 15 is 0 Å². The Morgan fingerprint density at radius 2 is 2.14 bits per heavy atom. The maximum Gasteiger partial charge on any atom is 0.191 e. The second-order valence-electron chi connectivity index (χ2n) is 4.71. The zero-order valence-corrected chi connectivity index (χ0v) is 13.3. The number of ether oxygens (including phenoxy) is 1. The van der Waals surface area contributed by atoms with Gasteiger partial charge in [-0.2, -0.15) is 5.10 Å². The molecule has 0 amide bonds. The fourth-order valence-electron chi connectivity index (χ4n) is 2.12. The highest BCUT2D eigenvalue weighted by atomic mass is 32.2. The van der Waals surface area contributed by atoms with Crippen LogP contribution < -0.4 is 4.74 Å². The molecule has 0 saturated carbocycles. The molecule has 3 aromatic rings. The van der Waals surface area contributed by atoms with Crippen LogP contribution in [-0.2, 0) is 13.6 Å². The summed E-state index contributed by atoms with van der Waals surface area (Å²) in [6.45, 7) is 0.846. The number of hydrogen-bond donors (Lipinski definition) is 0. The zero-order chi connectivity index (χ0) is 15.4. The molecule has 0 radical (unpaired) electrons. The second-order valence-corrected chi connectivity index (χ2v) is 5.78. The summed E-state index contributed by atoms with van der Waals surface area (Å²) in [5.74, 6) is 2.54. The average molecular weight is 315 g/mol. The quantitative estimate of drug-likeness (QED) is 0.654. The summed E-state index contributed by atoms with van der Waals surface area (Å²) >= 11 is 1.67. The van der Waals surface area contributed by atoms with Gasteiger partial charge in [0.2, 0.25) is 0 Å². The predicted molar refractivity (Wildman–Crippen MR) is 85.9 cm³/mol. The Hall–Kier alpha value is -2.28. The topological polar surface area (TPSA) is 57.8 Å². The molecular formula is C15H17N5OS. The van der Waals surface area contributed by atoms with Gasteiger partial charge in [-0.25, -0.2) is 0 Å². The first-order valence-corrected chi connectivity index (χ1v) is 7.90. The van der Waals surface area contributed by atoms with Gasteiger partial charge < -0.3 is 9.30 Å². The highest BCUT2D eigenvalue weighted by molar-refractivity contribution is 7.99. The highest BCUT2D eigenvalue weighted by Crippen LogP contribution is 2.25. The lowest BCUT2D eigenvalue weighted by Crippen LogP contribution is -2.02. The molecule has 0 saturated heterocycles. The molecule has 0 atom stereocenters. The number of methoxy groups -OCH3 is 1. The van der Waals surface area contributed by atoms with Crippen molar-refractivity contribution in [3.8, 4) is 17.1 Å². The lowest BCUT2D eigenvalue weighted by molar-refractivity contribution is 0.415. The molecule has 6 nitrogen and oxygen atoms in total. The fraction of sp³-hybridized carbons (Fsp3) is 0.267. The van der Waals surface area contributed by atoms with Gasteiger partial charge in [-0.1, -0.05) is 23.9 Å². The van der Waals surface area contributed by atoms with E-state index in [9.17, 15) is 0 Å². The molecule has 0 bridgehead atoms. The minimum atomic E-state index is 0.813. The summed E-state index contributed by atoms with van der Waals surface area (Å²) < 4.78 is 9.17. The van der Waals surface area contributed by atoms with Gasteiger partial charge in [-0.05, 0) is 18.2 Å². The lowest BCUT2D eigenvalue weighted by Gasteiger charge is -2.05. The molecule has 114 valence electrons. The molecule has 0 aliphatic heterocycles. The van der Waals surface area contributed by atoms with Crippen LogP contribution in [0, 0.1) is 0 Å². The van der Waals surface area contributed by atoms with Crippen LogP contribution in [0.4, 0.5) is 0 Å². The summed E-state index contributed by atoms with van der Waals surface area (Å²) in [4.78, 5) is 0. The minimum Gasteiger partial charge on any atom is -0.497 e. The summed E-state index contributed by atoms with van der Waals surface area (Å²) in [7, 11) is 3.64. The molecule has 1 aromatic carbocycles. The van der Waals surface area contributed by atoms with Gasteiger partial charge >= 0.3 is 0 Å². The standard InChI is InChI=1S/C15H17N5OS/c1-19-14(12-5-3-6-13(11-12)21-2)17-18-15(19)22-10-9-20-8-4-7-16-20/h3-8,11H,9-10H2,1-2H3. The fourth-order valence-corrected chi connectivity index (χ4v) is 2.96. The summed E-state index contributed by atoms with van der Waals surface area (Å²) in [5, 5.41) is 13.6. The Labute approximate surface area is 133 Å². The van der Waals surface area contributed by atoms with Crippen molar-refractivity contribution in [3.05, 3.63) is 42.7 Å². The Bertz CT molecular complexity index is 738. The maximum atomic E-state index is 5.26. The van der Waals surface area contributed by atoms with E-state index in [0.717, 1.165) is 34.6 Å². The van der Waals surface area contributed by atoms with E-state index in [4.69, 9.17) is 4.74 Å². The first-order valence-electron chi connectivity index (χ1n) is 6.92. The molecule has 0 unspecified atom stereocenters. The van der Waals surface area contributed by atoms with Gasteiger partial charge in [-0.3, -0.25) is 4.68 Å². The molecule has 0 spiro atoms. The normalized spacial score (nSPS) is 10.8. The predicted octanol–water partition coefficient (Wildman–Crippen LogP) is 2.48. The van der Waals surface area contributed by atoms with Crippen LogP contribution in [-0.4, -0.2) is 37.4 Å². The third kappa shape index (κ3) is 3.14. The molecule has 3 rings (SSSR count). The van der Waals surface area contributed by atoms with Crippen molar-refractivity contribution in [2.45, 2.75) is 11.7 Å². The molecule has 7 heteroatoms. The van der Waals surface area contributed by atoms with E-state index in [2.05, 4.69) is 15.3 Å². The van der Waals surface area contributed by atoms with E-state index < -0.39 is 0 Å². The Balaban J connectivity index is 1.71. The van der Waals surface area contributed by atoms with Crippen molar-refractivity contribution in [3.63, 3.8) is 0 Å². The first kappa shape index (κ1) is 14.6. The van der Waals surface area contributed by atoms with Gasteiger partial charge in [0.15, 0.2) is 11.0 Å². The van der Waals surface area contributed by atoms with Crippen molar-refractivity contribution in [1.82, 2.24) is 24.5 Å². The van der Waals surface area contributed by atoms with Crippen LogP contribution in [0.25, 0.3) is 11.4 Å². The van der Waals surface area contributed by atoms with Gasteiger partial charge in [-0.15, -0.1) is 10.2 Å². The van der Waals surface area contributed by atoms with Crippen molar-refractivity contribution in [2.24, 2.45) is 7.05 Å². The zero-order valence-electron chi connectivity index (χ0n) is 12.5. The summed E-state index contributed by atoms with van der Waals surface area (Å²) in [6, 6.07) is 9.76. The molecule has 0 aliphatic rings. The van der Waals surface area contributed by atoms with Crippen LogP contribution in [0.2, 0.25) is 0 Å². The van der Waals surface area contributed by atoms with E-state index in [-0.39, 0.29) is 0 Å². The van der Waals surface area contributed by atoms with E-state index in [1.807, 2.05) is 52.8 Å². The van der Waals surface area contributed by atoms with Gasteiger partial charge in [0.1, 0.15) is 5.75 Å². The lowest BCUT2D eigenvalue weighted by atomic mass is 10.2. The molecule has 0 fully saturated rings. The Morgan fingerprint density at radius 3 is 2.91 bits per heavy atom. The van der Waals surface area contributed by atoms with Gasteiger partial charge in [0.05, 0.1) is 13.7 Å². The van der Waals surface area contributed by atoms with Crippen LogP contribution in [0.5, 0.6) is 5.75 Å². The van der Waals surface area contributed by atoms with Crippen LogP contribution >= 0.6 is 11.8 Å². The first-order chi connectivity index (χ1) is 10.8. The second kappa shape index (κ2) is 6.65. The SMILES string of the molecule is COc1cccc(-c2nnc(SCCn3cccn3)n2C)c1. The van der Waals surface area contributed by atoms with Crippen molar-refractivity contribution in [2.75, 3.05) is 12.9 Å². The number of hydrogen-bond acceptors (Lipinski definition) is 5. The Morgan fingerprint density at radius 1 is 1.23 bits per heavy atom. The third-order valence-corrected chi connectivity index (χ3v) is 4.27. The Kier molecular flexibility index (Phi) is 4.43. The van der Waals surface area contributed by atoms with E-state index in [1.165, 1.54) is 0 Å². The molecule has 22 heavy (non-hydrogen) atoms. The van der Waals surface area contributed by atoms with Crippen LogP contribution in [0.15, 0.2) is 47.9 Å². The summed E-state index contributed by atoms with van der Waals surface area (Å²) in [6.07, 6.45) is 3.74. The molecule has 2 heterocycles. The van der Waals surface area contributed by atoms with E-state index in [1.54, 1.807) is 25.1 Å². The molecule has 0 N–H and O–H groups in total. The molecule has 2 aromatic heterocycles. The minimum absolute atomic E-state index is 0.813. The van der Waals surface area contributed by atoms with Crippen molar-refractivity contribution < 1.29 is 4.74 Å². The number of rotatable bonds is 6. The molecular weight excluding hydrogens is 298 g/mol. The van der Waals surface area contributed by atoms with Crippen molar-refractivity contribution >= 4 is 11.8 Å².